The summed E-state index contributed by atoms with van der Waals surface area (Å²) in [5.41, 5.74) is 0. The molecule has 5 heteroatoms. The zero-order valence-electron chi connectivity index (χ0n) is 8.15. The third-order valence-electron chi connectivity index (χ3n) is 1.47. The van der Waals surface area contributed by atoms with Crippen LogP contribution in [0.5, 0.6) is 0 Å². The van der Waals surface area contributed by atoms with Gasteiger partial charge in [0, 0.05) is 27.3 Å². The molecule has 0 fully saturated rings. The number of carbonyl (C=O) groups is 1. The highest BCUT2D eigenvalue weighted by Crippen LogP contribution is 1.92. The number of ether oxygens (including phenoxy) is 2. The lowest BCUT2D eigenvalue weighted by Gasteiger charge is -2.15. The van der Waals surface area contributed by atoms with Crippen molar-refractivity contribution in [3.05, 3.63) is 0 Å². The third kappa shape index (κ3) is 6.36. The predicted molar refractivity (Wildman–Crippen MR) is 47.6 cm³/mol. The highest BCUT2D eigenvalue weighted by molar-refractivity contribution is 5.67. The van der Waals surface area contributed by atoms with Gasteiger partial charge in [0.2, 0.25) is 0 Å². The molecule has 0 aliphatic heterocycles. The zero-order valence-corrected chi connectivity index (χ0v) is 8.15. The lowest BCUT2D eigenvalue weighted by Crippen LogP contribution is -2.29. The summed E-state index contributed by atoms with van der Waals surface area (Å²) < 4.78 is 9.51. The SMILES string of the molecule is COCCCN(C)C(=O)OCCO. The summed E-state index contributed by atoms with van der Waals surface area (Å²) in [6.07, 6.45) is 0.367. The predicted octanol–water partition coefficient (Wildman–Crippen LogP) is 0.0836. The van der Waals surface area contributed by atoms with Gasteiger partial charge in [-0.15, -0.1) is 0 Å². The molecular formula is C8H17NO4. The van der Waals surface area contributed by atoms with Gasteiger partial charge in [-0.1, -0.05) is 0 Å². The van der Waals surface area contributed by atoms with Gasteiger partial charge in [-0.05, 0) is 6.42 Å². The van der Waals surface area contributed by atoms with Gasteiger partial charge in [-0.25, -0.2) is 4.79 Å². The fourth-order valence-corrected chi connectivity index (χ4v) is 0.780. The number of rotatable bonds is 6. The highest BCUT2D eigenvalue weighted by atomic mass is 16.6. The second-order valence-electron chi connectivity index (χ2n) is 2.61. The molecule has 1 amide bonds. The molecule has 0 aromatic heterocycles. The molecule has 0 aliphatic carbocycles. The summed E-state index contributed by atoms with van der Waals surface area (Å²) in [5.74, 6) is 0. The Bertz CT molecular complexity index is 140. The molecule has 0 rings (SSSR count). The van der Waals surface area contributed by atoms with Crippen molar-refractivity contribution in [2.45, 2.75) is 6.42 Å². The first-order chi connectivity index (χ1) is 6.22. The first-order valence-corrected chi connectivity index (χ1v) is 4.20. The van der Waals surface area contributed by atoms with Crippen LogP contribution in [0.2, 0.25) is 0 Å². The van der Waals surface area contributed by atoms with E-state index >= 15 is 0 Å². The van der Waals surface area contributed by atoms with Crippen LogP contribution in [0.4, 0.5) is 4.79 Å². The molecular weight excluding hydrogens is 174 g/mol. The van der Waals surface area contributed by atoms with Crippen molar-refractivity contribution in [1.29, 1.82) is 0 Å². The molecule has 0 aliphatic rings. The number of aliphatic hydroxyl groups excluding tert-OH is 1. The quantitative estimate of drug-likeness (QED) is 0.604. The minimum atomic E-state index is -0.412. The molecule has 0 spiro atoms. The van der Waals surface area contributed by atoms with E-state index in [9.17, 15) is 4.79 Å². The largest absolute Gasteiger partial charge is 0.447 e. The van der Waals surface area contributed by atoms with E-state index in [1.807, 2.05) is 0 Å². The Hall–Kier alpha value is -0.810. The van der Waals surface area contributed by atoms with Crippen molar-refractivity contribution in [1.82, 2.24) is 4.90 Å². The molecule has 0 bridgehead atoms. The number of amides is 1. The molecule has 0 atom stereocenters. The lowest BCUT2D eigenvalue weighted by molar-refractivity contribution is 0.0879. The molecule has 0 saturated carbocycles. The van der Waals surface area contributed by atoms with Crippen LogP contribution in [0.1, 0.15) is 6.42 Å². The fourth-order valence-electron chi connectivity index (χ4n) is 0.780. The van der Waals surface area contributed by atoms with E-state index in [2.05, 4.69) is 4.74 Å². The molecule has 0 radical (unpaired) electrons. The van der Waals surface area contributed by atoms with Crippen LogP contribution in [0.25, 0.3) is 0 Å². The Morgan fingerprint density at radius 3 is 2.69 bits per heavy atom. The van der Waals surface area contributed by atoms with Gasteiger partial charge in [-0.3, -0.25) is 0 Å². The van der Waals surface area contributed by atoms with Crippen LogP contribution in [-0.4, -0.2) is 56.6 Å². The smallest absolute Gasteiger partial charge is 0.409 e. The van der Waals surface area contributed by atoms with E-state index in [4.69, 9.17) is 9.84 Å². The average Bonchev–Trinajstić information content (AvgIpc) is 2.14. The number of carbonyl (C=O) groups excluding carboxylic acids is 1. The highest BCUT2D eigenvalue weighted by Gasteiger charge is 2.07. The van der Waals surface area contributed by atoms with Gasteiger partial charge < -0.3 is 19.5 Å². The number of hydrogen-bond donors (Lipinski definition) is 1. The summed E-state index contributed by atoms with van der Waals surface area (Å²) in [7, 11) is 3.26. The Morgan fingerprint density at radius 1 is 1.46 bits per heavy atom. The molecule has 0 unspecified atom stereocenters. The fraction of sp³-hybridized carbons (Fsp3) is 0.875. The van der Waals surface area contributed by atoms with Crippen molar-refractivity contribution in [3.63, 3.8) is 0 Å². The summed E-state index contributed by atoms with van der Waals surface area (Å²) in [6.45, 7) is 1.13. The number of methoxy groups -OCH3 is 1. The maximum atomic E-state index is 11.0. The van der Waals surface area contributed by atoms with Crippen molar-refractivity contribution in [2.75, 3.05) is 40.5 Å². The molecule has 13 heavy (non-hydrogen) atoms. The van der Waals surface area contributed by atoms with Crippen LogP contribution in [0.15, 0.2) is 0 Å². The summed E-state index contributed by atoms with van der Waals surface area (Å²) in [6, 6.07) is 0. The second kappa shape index (κ2) is 7.82. The number of nitrogens with zero attached hydrogens (tertiary/aromatic N) is 1. The Morgan fingerprint density at radius 2 is 2.15 bits per heavy atom. The minimum absolute atomic E-state index is 0.0491. The third-order valence-corrected chi connectivity index (χ3v) is 1.47. The standard InChI is InChI=1S/C8H17NO4/c1-9(4-3-6-12-2)8(11)13-7-5-10/h10H,3-7H2,1-2H3. The molecule has 5 nitrogen and oxygen atoms in total. The first-order valence-electron chi connectivity index (χ1n) is 4.20. The maximum absolute atomic E-state index is 11.0. The van der Waals surface area contributed by atoms with Gasteiger partial charge in [-0.2, -0.15) is 0 Å². The van der Waals surface area contributed by atoms with E-state index < -0.39 is 6.09 Å². The van der Waals surface area contributed by atoms with E-state index in [1.165, 1.54) is 4.90 Å². The topological polar surface area (TPSA) is 59.0 Å². The molecule has 0 aromatic carbocycles. The van der Waals surface area contributed by atoms with Crippen LogP contribution < -0.4 is 0 Å². The lowest BCUT2D eigenvalue weighted by atomic mass is 10.4. The number of aliphatic hydroxyl groups is 1. The molecule has 0 heterocycles. The number of hydrogen-bond acceptors (Lipinski definition) is 4. The van der Waals surface area contributed by atoms with Gasteiger partial charge in [0.1, 0.15) is 6.61 Å². The van der Waals surface area contributed by atoms with Crippen molar-refractivity contribution in [3.8, 4) is 0 Å². The summed E-state index contributed by atoms with van der Waals surface area (Å²) >= 11 is 0. The van der Waals surface area contributed by atoms with Gasteiger partial charge >= 0.3 is 6.09 Å². The first kappa shape index (κ1) is 12.2. The monoisotopic (exact) mass is 191 g/mol. The Labute approximate surface area is 78.2 Å². The van der Waals surface area contributed by atoms with E-state index in [0.29, 0.717) is 13.2 Å². The van der Waals surface area contributed by atoms with Crippen LogP contribution in [0.3, 0.4) is 0 Å². The average molecular weight is 191 g/mol. The van der Waals surface area contributed by atoms with E-state index in [1.54, 1.807) is 14.2 Å². The van der Waals surface area contributed by atoms with Crippen molar-refractivity contribution in [2.24, 2.45) is 0 Å². The van der Waals surface area contributed by atoms with E-state index in [0.717, 1.165) is 6.42 Å². The Balaban J connectivity index is 3.45. The second-order valence-corrected chi connectivity index (χ2v) is 2.61. The van der Waals surface area contributed by atoms with Gasteiger partial charge in [0.05, 0.1) is 6.61 Å². The van der Waals surface area contributed by atoms with Crippen LogP contribution in [0, 0.1) is 0 Å². The summed E-state index contributed by atoms with van der Waals surface area (Å²) in [4.78, 5) is 12.5. The van der Waals surface area contributed by atoms with E-state index in [-0.39, 0.29) is 13.2 Å². The normalized spacial score (nSPS) is 9.77. The molecule has 0 saturated heterocycles. The van der Waals surface area contributed by atoms with Crippen LogP contribution in [-0.2, 0) is 9.47 Å². The van der Waals surface area contributed by atoms with Gasteiger partial charge in [0.25, 0.3) is 0 Å². The minimum Gasteiger partial charge on any atom is -0.447 e. The van der Waals surface area contributed by atoms with Gasteiger partial charge in [0.15, 0.2) is 0 Å². The van der Waals surface area contributed by atoms with Crippen molar-refractivity contribution < 1.29 is 19.4 Å². The molecule has 1 N–H and O–H groups in total. The van der Waals surface area contributed by atoms with Crippen LogP contribution >= 0.6 is 0 Å². The molecule has 0 aromatic rings. The summed E-state index contributed by atoms with van der Waals surface area (Å²) in [5, 5.41) is 8.40. The maximum Gasteiger partial charge on any atom is 0.409 e. The zero-order chi connectivity index (χ0) is 10.1. The Kier molecular flexibility index (Phi) is 7.33. The molecule has 78 valence electrons. The van der Waals surface area contributed by atoms with Crippen molar-refractivity contribution >= 4 is 6.09 Å².